The second kappa shape index (κ2) is 30.8. The van der Waals surface area contributed by atoms with Gasteiger partial charge >= 0.3 is 0 Å². The van der Waals surface area contributed by atoms with Crippen LogP contribution in [0.3, 0.4) is 0 Å². The number of nitrogens with one attached hydrogen (secondary N) is 1. The van der Waals surface area contributed by atoms with Gasteiger partial charge in [0.1, 0.15) is 0 Å². The van der Waals surface area contributed by atoms with Crippen LogP contribution in [0, 0.1) is 0 Å². The molecule has 4 N–H and O–H groups in total. The molecule has 0 aromatic carbocycles. The Labute approximate surface area is 248 Å². The Morgan fingerprint density at radius 1 is 0.625 bits per heavy atom. The summed E-state index contributed by atoms with van der Waals surface area (Å²) in [6, 6.07) is -0.754. The average molecular weight is 566 g/mol. The summed E-state index contributed by atoms with van der Waals surface area (Å²) in [6.45, 7) is 4.15. The number of amides is 1. The van der Waals surface area contributed by atoms with Gasteiger partial charge in [-0.05, 0) is 32.1 Å². The molecule has 0 aromatic rings. The summed E-state index contributed by atoms with van der Waals surface area (Å²) in [4.78, 5) is 12.3. The number of hydrogen-bond donors (Lipinski definition) is 4. The van der Waals surface area contributed by atoms with E-state index in [2.05, 4.69) is 31.3 Å². The Morgan fingerprint density at radius 3 is 1.60 bits per heavy atom. The maximum atomic E-state index is 12.3. The van der Waals surface area contributed by atoms with E-state index in [0.29, 0.717) is 6.42 Å². The first-order valence-corrected chi connectivity index (χ1v) is 17.1. The number of allylic oxidation sites excluding steroid dienone is 3. The Bertz CT molecular complexity index is 592. The molecule has 0 radical (unpaired) electrons. The number of aliphatic hydroxyl groups is 3. The summed E-state index contributed by atoms with van der Waals surface area (Å²) in [5.74, 6) is -0.329. The van der Waals surface area contributed by atoms with Gasteiger partial charge in [0, 0.05) is 0 Å². The lowest BCUT2D eigenvalue weighted by molar-refractivity contribution is -0.124. The summed E-state index contributed by atoms with van der Waals surface area (Å²) in [5, 5.41) is 32.9. The van der Waals surface area contributed by atoms with E-state index in [9.17, 15) is 20.1 Å². The molecule has 5 heteroatoms. The van der Waals surface area contributed by atoms with Crippen molar-refractivity contribution in [3.05, 3.63) is 24.3 Å². The third-order valence-electron chi connectivity index (χ3n) is 7.74. The van der Waals surface area contributed by atoms with E-state index >= 15 is 0 Å². The predicted molar refractivity (Wildman–Crippen MR) is 171 cm³/mol. The normalized spacial score (nSPS) is 14.2. The third kappa shape index (κ3) is 27.0. The van der Waals surface area contributed by atoms with Gasteiger partial charge in [0.25, 0.3) is 0 Å². The molecular formula is C35H67NO4. The fraction of sp³-hybridized carbons (Fsp3) is 0.857. The van der Waals surface area contributed by atoms with Crippen molar-refractivity contribution in [1.82, 2.24) is 5.32 Å². The molecule has 5 nitrogen and oxygen atoms in total. The molecule has 1 amide bonds. The highest BCUT2D eigenvalue weighted by molar-refractivity contribution is 5.76. The molecule has 0 aliphatic heterocycles. The number of hydrogen-bond acceptors (Lipinski definition) is 4. The maximum Gasteiger partial charge on any atom is 0.222 e. The zero-order chi connectivity index (χ0) is 29.5. The van der Waals surface area contributed by atoms with Crippen LogP contribution in [0.5, 0.6) is 0 Å². The Balaban J connectivity index is 3.81. The van der Waals surface area contributed by atoms with Crippen molar-refractivity contribution < 1.29 is 20.1 Å². The van der Waals surface area contributed by atoms with Crippen molar-refractivity contribution >= 4 is 5.91 Å². The molecule has 0 rings (SSSR count). The highest BCUT2D eigenvalue weighted by Crippen LogP contribution is 2.13. The number of rotatable bonds is 30. The van der Waals surface area contributed by atoms with E-state index in [1.807, 2.05) is 6.08 Å². The largest absolute Gasteiger partial charge is 0.394 e. The van der Waals surface area contributed by atoms with Crippen molar-refractivity contribution in [3.8, 4) is 0 Å². The molecule has 0 aromatic heterocycles. The minimum absolute atomic E-state index is 0.00773. The van der Waals surface area contributed by atoms with Crippen molar-refractivity contribution in [2.45, 2.75) is 186 Å². The molecule has 0 saturated carbocycles. The lowest BCUT2D eigenvalue weighted by atomic mass is 10.0. The summed E-state index contributed by atoms with van der Waals surface area (Å²) in [5.41, 5.74) is 0. The second-order valence-electron chi connectivity index (χ2n) is 11.8. The maximum absolute atomic E-state index is 12.3. The van der Waals surface area contributed by atoms with Gasteiger partial charge < -0.3 is 20.6 Å². The van der Waals surface area contributed by atoms with Gasteiger partial charge in [-0.3, -0.25) is 4.79 Å². The van der Waals surface area contributed by atoms with E-state index in [4.69, 9.17) is 0 Å². The van der Waals surface area contributed by atoms with E-state index in [-0.39, 0.29) is 18.9 Å². The van der Waals surface area contributed by atoms with Gasteiger partial charge in [0.15, 0.2) is 0 Å². The van der Waals surface area contributed by atoms with Crippen LogP contribution in [0.2, 0.25) is 0 Å². The quantitative estimate of drug-likeness (QED) is 0.0518. The van der Waals surface area contributed by atoms with Gasteiger partial charge in [-0.2, -0.15) is 0 Å². The number of aliphatic hydroxyl groups excluding tert-OH is 3. The molecule has 3 atom stereocenters. The topological polar surface area (TPSA) is 89.8 Å². The summed E-state index contributed by atoms with van der Waals surface area (Å²) < 4.78 is 0. The molecule has 0 saturated heterocycles. The monoisotopic (exact) mass is 566 g/mol. The van der Waals surface area contributed by atoms with Crippen LogP contribution in [-0.2, 0) is 4.79 Å². The number of carbonyl (C=O) groups is 1. The van der Waals surface area contributed by atoms with Crippen LogP contribution in [0.15, 0.2) is 24.3 Å². The molecule has 0 aliphatic rings. The highest BCUT2D eigenvalue weighted by atomic mass is 16.3. The van der Waals surface area contributed by atoms with Gasteiger partial charge in [-0.15, -0.1) is 0 Å². The first-order chi connectivity index (χ1) is 19.5. The van der Waals surface area contributed by atoms with Crippen molar-refractivity contribution in [3.63, 3.8) is 0 Å². The fourth-order valence-electron chi connectivity index (χ4n) is 5.06. The zero-order valence-corrected chi connectivity index (χ0v) is 26.5. The van der Waals surface area contributed by atoms with Crippen molar-refractivity contribution in [2.24, 2.45) is 0 Å². The second-order valence-corrected chi connectivity index (χ2v) is 11.8. The molecule has 0 spiro atoms. The molecule has 0 bridgehead atoms. The van der Waals surface area contributed by atoms with E-state index < -0.39 is 18.2 Å². The molecule has 0 fully saturated rings. The van der Waals surface area contributed by atoms with E-state index in [1.165, 1.54) is 109 Å². The molecule has 40 heavy (non-hydrogen) atoms. The molecule has 3 unspecified atom stereocenters. The summed E-state index contributed by atoms with van der Waals surface area (Å²) in [7, 11) is 0. The Morgan fingerprint density at radius 2 is 1.07 bits per heavy atom. The van der Waals surface area contributed by atoms with Crippen molar-refractivity contribution in [2.75, 3.05) is 6.61 Å². The highest BCUT2D eigenvalue weighted by Gasteiger charge is 2.20. The molecule has 0 aliphatic carbocycles. The lowest BCUT2D eigenvalue weighted by Crippen LogP contribution is -2.45. The molecule has 236 valence electrons. The number of carbonyl (C=O) groups excluding carboxylic acids is 1. The minimum atomic E-state index is -0.945. The number of unbranched alkanes of at least 4 members (excludes halogenated alkanes) is 19. The summed E-state index contributed by atoms with van der Waals surface area (Å²) >= 11 is 0. The third-order valence-corrected chi connectivity index (χ3v) is 7.74. The lowest BCUT2D eigenvalue weighted by Gasteiger charge is -2.21. The summed E-state index contributed by atoms with van der Waals surface area (Å²) in [6.07, 6.45) is 34.5. The van der Waals surface area contributed by atoms with E-state index in [0.717, 1.165) is 32.1 Å². The van der Waals surface area contributed by atoms with Crippen molar-refractivity contribution in [1.29, 1.82) is 0 Å². The van der Waals surface area contributed by atoms with Gasteiger partial charge in [0.2, 0.25) is 5.91 Å². The zero-order valence-electron chi connectivity index (χ0n) is 26.5. The Hall–Kier alpha value is -1.17. The van der Waals surface area contributed by atoms with Crippen LogP contribution < -0.4 is 5.32 Å². The Kier molecular flexibility index (Phi) is 29.9. The first-order valence-electron chi connectivity index (χ1n) is 17.1. The van der Waals surface area contributed by atoms with Crippen LogP contribution in [0.1, 0.15) is 168 Å². The smallest absolute Gasteiger partial charge is 0.222 e. The van der Waals surface area contributed by atoms with Crippen LogP contribution in [0.25, 0.3) is 0 Å². The van der Waals surface area contributed by atoms with Crippen LogP contribution >= 0.6 is 0 Å². The van der Waals surface area contributed by atoms with Gasteiger partial charge in [0.05, 0.1) is 31.3 Å². The van der Waals surface area contributed by atoms with Crippen LogP contribution in [-0.4, -0.2) is 46.1 Å². The first kappa shape index (κ1) is 38.8. The fourth-order valence-corrected chi connectivity index (χ4v) is 5.06. The SMILES string of the molecule is CCCCCCCCCCCC/C=C/CC/C=C/C(O)C(CO)NC(=O)CC(O)CCCCCCCCCCC. The minimum Gasteiger partial charge on any atom is -0.394 e. The van der Waals surface area contributed by atoms with Gasteiger partial charge in [-0.1, -0.05) is 154 Å². The average Bonchev–Trinajstić information content (AvgIpc) is 2.94. The van der Waals surface area contributed by atoms with E-state index in [1.54, 1.807) is 6.08 Å². The molecule has 0 heterocycles. The van der Waals surface area contributed by atoms with Gasteiger partial charge in [-0.25, -0.2) is 0 Å². The standard InChI is InChI=1S/C35H67NO4/c1-3-5-7-9-11-13-14-15-16-17-18-19-21-23-25-27-29-34(39)33(31-37)36-35(40)30-32(38)28-26-24-22-20-12-10-8-6-4-2/h19,21,27,29,32-34,37-39H,3-18,20,22-26,28,30-31H2,1-2H3,(H,36,40)/b21-19+,29-27+. The predicted octanol–water partition coefficient (Wildman–Crippen LogP) is 8.70. The molecular weight excluding hydrogens is 498 g/mol. The van der Waals surface area contributed by atoms with Crippen LogP contribution in [0.4, 0.5) is 0 Å².